The Labute approximate surface area is 170 Å². The van der Waals surface area contributed by atoms with Crippen LogP contribution >= 0.6 is 22.7 Å². The largest absolute Gasteiger partial charge is 0.326 e. The van der Waals surface area contributed by atoms with Gasteiger partial charge in [0.05, 0.1) is 18.5 Å². The summed E-state index contributed by atoms with van der Waals surface area (Å²) in [5.74, 6) is 0.412. The number of nitrogens with zero attached hydrogens (tertiary/aromatic N) is 2. The molecule has 3 aromatic heterocycles. The lowest BCUT2D eigenvalue weighted by Crippen LogP contribution is -2.31. The first-order valence-electron chi connectivity index (χ1n) is 8.88. The normalized spacial score (nSPS) is 11.1. The second kappa shape index (κ2) is 7.69. The van der Waals surface area contributed by atoms with E-state index in [2.05, 4.69) is 9.97 Å². The predicted molar refractivity (Wildman–Crippen MR) is 114 cm³/mol. The highest BCUT2D eigenvalue weighted by Crippen LogP contribution is 2.26. The number of aryl methyl sites for hydroxylation is 2. The molecular weight excluding hydrogens is 390 g/mol. The third-order valence-electron chi connectivity index (χ3n) is 4.66. The van der Waals surface area contributed by atoms with Gasteiger partial charge in [0.2, 0.25) is 0 Å². The Morgan fingerprint density at radius 1 is 1.11 bits per heavy atom. The molecule has 0 saturated carbocycles. The number of fused-ring (bicyclic) bond motifs is 1. The Bertz CT molecular complexity index is 1180. The van der Waals surface area contributed by atoms with Gasteiger partial charge in [-0.3, -0.25) is 9.59 Å². The van der Waals surface area contributed by atoms with Crippen LogP contribution < -0.4 is 5.56 Å². The van der Waals surface area contributed by atoms with E-state index < -0.39 is 0 Å². The topological polar surface area (TPSA) is 66.1 Å². The molecular formula is C21H19N3O2S2. The molecule has 1 aromatic carbocycles. The van der Waals surface area contributed by atoms with Crippen molar-refractivity contribution in [2.75, 3.05) is 0 Å². The molecule has 0 aliphatic rings. The van der Waals surface area contributed by atoms with Gasteiger partial charge >= 0.3 is 0 Å². The van der Waals surface area contributed by atoms with Gasteiger partial charge in [-0.05, 0) is 43.0 Å². The molecule has 0 radical (unpaired) electrons. The number of carbonyl (C=O) groups is 1. The van der Waals surface area contributed by atoms with Gasteiger partial charge in [0, 0.05) is 15.3 Å². The van der Waals surface area contributed by atoms with E-state index in [1.807, 2.05) is 49.6 Å². The molecule has 1 amide bonds. The number of rotatable bonds is 5. The number of thiophene rings is 2. The van der Waals surface area contributed by atoms with E-state index in [9.17, 15) is 9.59 Å². The molecule has 0 aliphatic heterocycles. The van der Waals surface area contributed by atoms with E-state index in [0.29, 0.717) is 23.3 Å². The summed E-state index contributed by atoms with van der Waals surface area (Å²) in [6, 6.07) is 13.1. The van der Waals surface area contributed by atoms with Crippen molar-refractivity contribution in [2.45, 2.75) is 26.9 Å². The minimum atomic E-state index is -0.148. The number of amides is 1. The molecule has 0 spiro atoms. The summed E-state index contributed by atoms with van der Waals surface area (Å²) < 4.78 is 0. The lowest BCUT2D eigenvalue weighted by Gasteiger charge is -2.21. The summed E-state index contributed by atoms with van der Waals surface area (Å²) >= 11 is 3.11. The van der Waals surface area contributed by atoms with Crippen molar-refractivity contribution in [3.05, 3.63) is 84.9 Å². The monoisotopic (exact) mass is 409 g/mol. The van der Waals surface area contributed by atoms with E-state index in [0.717, 1.165) is 20.1 Å². The van der Waals surface area contributed by atoms with Crippen LogP contribution in [0.15, 0.2) is 52.6 Å². The molecule has 5 nitrogen and oxygen atoms in total. The quantitative estimate of drug-likeness (QED) is 0.528. The Morgan fingerprint density at radius 3 is 2.61 bits per heavy atom. The van der Waals surface area contributed by atoms with E-state index in [4.69, 9.17) is 0 Å². The summed E-state index contributed by atoms with van der Waals surface area (Å²) in [6.45, 7) is 4.64. The summed E-state index contributed by atoms with van der Waals surface area (Å²) in [5, 5.41) is 2.63. The number of H-pyrrole nitrogens is 1. The molecule has 0 aliphatic carbocycles. The Balaban J connectivity index is 1.70. The third-order valence-corrected chi connectivity index (χ3v) is 6.63. The van der Waals surface area contributed by atoms with Crippen LogP contribution in [0.1, 0.15) is 31.5 Å². The smallest absolute Gasteiger partial charge is 0.259 e. The molecule has 7 heteroatoms. The van der Waals surface area contributed by atoms with Crippen molar-refractivity contribution in [1.82, 2.24) is 14.9 Å². The van der Waals surface area contributed by atoms with Crippen molar-refractivity contribution in [1.29, 1.82) is 0 Å². The van der Waals surface area contributed by atoms with Crippen LogP contribution in [0.2, 0.25) is 0 Å². The summed E-state index contributed by atoms with van der Waals surface area (Å²) in [7, 11) is 0. The summed E-state index contributed by atoms with van der Waals surface area (Å²) in [4.78, 5) is 37.8. The van der Waals surface area contributed by atoms with Crippen LogP contribution in [0, 0.1) is 13.8 Å². The van der Waals surface area contributed by atoms with Gasteiger partial charge in [0.1, 0.15) is 10.7 Å². The van der Waals surface area contributed by atoms with Crippen LogP contribution in [0.25, 0.3) is 10.2 Å². The fourth-order valence-electron chi connectivity index (χ4n) is 3.11. The molecule has 3 heterocycles. The zero-order chi connectivity index (χ0) is 19.7. The van der Waals surface area contributed by atoms with Crippen LogP contribution in [0.4, 0.5) is 0 Å². The fourth-order valence-corrected chi connectivity index (χ4v) is 4.88. The van der Waals surface area contributed by atoms with Crippen LogP contribution in [-0.4, -0.2) is 20.8 Å². The minimum Gasteiger partial charge on any atom is -0.326 e. The molecule has 0 fully saturated rings. The van der Waals surface area contributed by atoms with Gasteiger partial charge in [-0.1, -0.05) is 24.3 Å². The van der Waals surface area contributed by atoms with E-state index >= 15 is 0 Å². The SMILES string of the molecule is Cc1sc2nc(CN(Cc3cccs3)C(=O)c3ccccc3)[nH]c(=O)c2c1C. The molecule has 0 saturated heterocycles. The second-order valence-corrected chi connectivity index (χ2v) is 8.82. The number of hydrogen-bond acceptors (Lipinski definition) is 5. The number of carbonyl (C=O) groups excluding carboxylic acids is 1. The zero-order valence-corrected chi connectivity index (χ0v) is 17.2. The Kier molecular flexibility index (Phi) is 5.11. The molecule has 1 N–H and O–H groups in total. The maximum atomic E-state index is 13.1. The molecule has 0 unspecified atom stereocenters. The first kappa shape index (κ1) is 18.6. The number of aromatic nitrogens is 2. The molecule has 4 rings (SSSR count). The van der Waals surface area contributed by atoms with Crippen LogP contribution in [0.5, 0.6) is 0 Å². The van der Waals surface area contributed by atoms with Gasteiger partial charge < -0.3 is 9.88 Å². The number of aromatic amines is 1. The molecule has 0 atom stereocenters. The molecule has 4 aromatic rings. The van der Waals surface area contributed by atoms with Crippen molar-refractivity contribution in [3.63, 3.8) is 0 Å². The molecule has 28 heavy (non-hydrogen) atoms. The first-order chi connectivity index (χ1) is 13.5. The fraction of sp³-hybridized carbons (Fsp3) is 0.190. The molecule has 142 valence electrons. The van der Waals surface area contributed by atoms with Gasteiger partial charge in [-0.25, -0.2) is 4.98 Å². The standard InChI is InChI=1S/C21H19N3O2S2/c1-13-14(2)28-20-18(13)19(25)22-17(23-20)12-24(11-16-9-6-10-27-16)21(26)15-7-4-3-5-8-15/h3-10H,11-12H2,1-2H3,(H,22,23,25). The van der Waals surface area contributed by atoms with E-state index in [1.165, 1.54) is 11.3 Å². The van der Waals surface area contributed by atoms with Crippen LogP contribution in [-0.2, 0) is 13.1 Å². The maximum absolute atomic E-state index is 13.1. The van der Waals surface area contributed by atoms with Gasteiger partial charge in [0.25, 0.3) is 11.5 Å². The highest BCUT2D eigenvalue weighted by molar-refractivity contribution is 7.18. The van der Waals surface area contributed by atoms with Crippen molar-refractivity contribution in [3.8, 4) is 0 Å². The highest BCUT2D eigenvalue weighted by Gasteiger charge is 2.19. The van der Waals surface area contributed by atoms with Crippen LogP contribution in [0.3, 0.4) is 0 Å². The lowest BCUT2D eigenvalue weighted by atomic mass is 10.2. The average molecular weight is 410 g/mol. The average Bonchev–Trinajstić information content (AvgIpc) is 3.29. The van der Waals surface area contributed by atoms with E-state index in [-0.39, 0.29) is 18.0 Å². The summed E-state index contributed by atoms with van der Waals surface area (Å²) in [5.41, 5.74) is 1.44. The van der Waals surface area contributed by atoms with E-state index in [1.54, 1.807) is 28.4 Å². The highest BCUT2D eigenvalue weighted by atomic mass is 32.1. The lowest BCUT2D eigenvalue weighted by molar-refractivity contribution is 0.0727. The Morgan fingerprint density at radius 2 is 1.89 bits per heavy atom. The van der Waals surface area contributed by atoms with Gasteiger partial charge in [-0.2, -0.15) is 0 Å². The number of hydrogen-bond donors (Lipinski definition) is 1. The number of nitrogens with one attached hydrogen (secondary N) is 1. The third kappa shape index (κ3) is 3.63. The minimum absolute atomic E-state index is 0.0877. The zero-order valence-electron chi connectivity index (χ0n) is 15.6. The van der Waals surface area contributed by atoms with Crippen molar-refractivity contribution < 1.29 is 4.79 Å². The Hall–Kier alpha value is -2.77. The summed E-state index contributed by atoms with van der Waals surface area (Å²) in [6.07, 6.45) is 0. The van der Waals surface area contributed by atoms with Gasteiger partial charge in [0.15, 0.2) is 0 Å². The first-order valence-corrected chi connectivity index (χ1v) is 10.6. The maximum Gasteiger partial charge on any atom is 0.259 e. The van der Waals surface area contributed by atoms with Gasteiger partial charge in [-0.15, -0.1) is 22.7 Å². The molecule has 0 bridgehead atoms. The van der Waals surface area contributed by atoms with Crippen molar-refractivity contribution in [2.24, 2.45) is 0 Å². The second-order valence-electron chi connectivity index (χ2n) is 6.58. The number of benzene rings is 1. The van der Waals surface area contributed by atoms with Crippen molar-refractivity contribution >= 4 is 38.8 Å². The predicted octanol–water partition coefficient (Wildman–Crippen LogP) is 4.51.